The summed E-state index contributed by atoms with van der Waals surface area (Å²) < 4.78 is 5.59. The number of aliphatic imine (C=N–C) groups is 1. The molecule has 2 aliphatic carbocycles. The van der Waals surface area contributed by atoms with Crippen LogP contribution in [0.25, 0.3) is 0 Å². The van der Waals surface area contributed by atoms with Crippen LogP contribution in [0.5, 0.6) is 0 Å². The standard InChI is InChI=1S/C23H43N5O2.HI/c1-2-24-22(25-14-11-21(29)27-20-9-5-3-6-10-20)26-19-23(12-7-4-8-13-23)28-15-17-30-18-16-28;/h20H,2-19H2,1H3,(H,27,29)(H2,24,25,26);1H. The molecule has 1 aliphatic heterocycles. The van der Waals surface area contributed by atoms with E-state index in [1.165, 1.54) is 51.4 Å². The fourth-order valence-corrected chi connectivity index (χ4v) is 5.23. The Labute approximate surface area is 205 Å². The summed E-state index contributed by atoms with van der Waals surface area (Å²) in [5.41, 5.74) is 0.169. The fourth-order valence-electron chi connectivity index (χ4n) is 5.23. The number of ether oxygens (including phenoxy) is 1. The minimum Gasteiger partial charge on any atom is -0.379 e. The lowest BCUT2D eigenvalue weighted by atomic mass is 9.80. The van der Waals surface area contributed by atoms with Gasteiger partial charge in [-0.05, 0) is 32.6 Å². The van der Waals surface area contributed by atoms with Gasteiger partial charge >= 0.3 is 0 Å². The topological polar surface area (TPSA) is 78.0 Å². The maximum atomic E-state index is 12.3. The molecule has 1 amide bonds. The second-order valence-corrected chi connectivity index (χ2v) is 9.16. The predicted molar refractivity (Wildman–Crippen MR) is 137 cm³/mol. The van der Waals surface area contributed by atoms with Crippen LogP contribution in [-0.4, -0.2) is 74.3 Å². The van der Waals surface area contributed by atoms with Gasteiger partial charge in [0.25, 0.3) is 0 Å². The molecule has 0 aromatic rings. The van der Waals surface area contributed by atoms with Gasteiger partial charge in [-0.15, -0.1) is 24.0 Å². The lowest BCUT2D eigenvalue weighted by Gasteiger charge is -2.47. The number of carbonyl (C=O) groups is 1. The highest BCUT2D eigenvalue weighted by molar-refractivity contribution is 14.0. The van der Waals surface area contributed by atoms with Gasteiger partial charge in [-0.3, -0.25) is 14.7 Å². The molecule has 0 atom stereocenters. The average Bonchev–Trinajstić information content (AvgIpc) is 2.79. The van der Waals surface area contributed by atoms with Crippen molar-refractivity contribution in [2.75, 3.05) is 45.9 Å². The number of hydrogen-bond donors (Lipinski definition) is 3. The highest BCUT2D eigenvalue weighted by Crippen LogP contribution is 2.34. The van der Waals surface area contributed by atoms with Crippen LogP contribution < -0.4 is 16.0 Å². The van der Waals surface area contributed by atoms with Gasteiger partial charge < -0.3 is 20.7 Å². The molecule has 0 aromatic heterocycles. The highest BCUT2D eigenvalue weighted by Gasteiger charge is 2.38. The van der Waals surface area contributed by atoms with Gasteiger partial charge in [-0.1, -0.05) is 38.5 Å². The number of halogens is 1. The molecule has 1 heterocycles. The molecule has 0 spiro atoms. The zero-order valence-corrected chi connectivity index (χ0v) is 21.8. The largest absolute Gasteiger partial charge is 0.379 e. The van der Waals surface area contributed by atoms with Crippen molar-refractivity contribution >= 4 is 35.8 Å². The molecule has 31 heavy (non-hydrogen) atoms. The van der Waals surface area contributed by atoms with Crippen molar-refractivity contribution in [3.05, 3.63) is 0 Å². The smallest absolute Gasteiger partial charge is 0.221 e. The molecule has 3 fully saturated rings. The summed E-state index contributed by atoms with van der Waals surface area (Å²) in [6, 6.07) is 0.382. The third-order valence-electron chi connectivity index (χ3n) is 6.96. The maximum Gasteiger partial charge on any atom is 0.221 e. The summed E-state index contributed by atoms with van der Waals surface area (Å²) in [6.07, 6.45) is 12.9. The monoisotopic (exact) mass is 549 g/mol. The Kier molecular flexibility index (Phi) is 12.5. The molecule has 2 saturated carbocycles. The van der Waals surface area contributed by atoms with Gasteiger partial charge in [-0.25, -0.2) is 0 Å². The fraction of sp³-hybridized carbons (Fsp3) is 0.913. The predicted octanol–water partition coefficient (Wildman–Crippen LogP) is 3.03. The number of amides is 1. The van der Waals surface area contributed by atoms with E-state index in [2.05, 4.69) is 27.8 Å². The minimum absolute atomic E-state index is 0. The van der Waals surface area contributed by atoms with Crippen LogP contribution in [0.4, 0.5) is 0 Å². The summed E-state index contributed by atoms with van der Waals surface area (Å²) in [4.78, 5) is 19.9. The third-order valence-corrected chi connectivity index (χ3v) is 6.96. The first kappa shape index (κ1) is 26.6. The SMILES string of the molecule is CCNC(=NCC1(N2CCOCC2)CCCCC1)NCCC(=O)NC1CCCCC1.I. The summed E-state index contributed by atoms with van der Waals surface area (Å²) in [5.74, 6) is 0.989. The molecule has 180 valence electrons. The van der Waals surface area contributed by atoms with Crippen LogP contribution >= 0.6 is 24.0 Å². The number of guanidine groups is 1. The zero-order valence-electron chi connectivity index (χ0n) is 19.4. The van der Waals surface area contributed by atoms with Gasteiger partial charge in [0, 0.05) is 44.2 Å². The molecule has 0 bridgehead atoms. The molecule has 3 rings (SSSR count). The lowest BCUT2D eigenvalue weighted by molar-refractivity contribution is -0.121. The van der Waals surface area contributed by atoms with E-state index < -0.39 is 0 Å². The van der Waals surface area contributed by atoms with Gasteiger partial charge in [0.1, 0.15) is 0 Å². The molecular weight excluding hydrogens is 505 g/mol. The first-order chi connectivity index (χ1) is 14.7. The quantitative estimate of drug-likeness (QED) is 0.247. The molecule has 0 unspecified atom stereocenters. The zero-order chi connectivity index (χ0) is 21.1. The first-order valence-electron chi connectivity index (χ1n) is 12.4. The number of nitrogens with one attached hydrogen (secondary N) is 3. The van der Waals surface area contributed by atoms with Crippen LogP contribution in [0.3, 0.4) is 0 Å². The Morgan fingerprint density at radius 2 is 1.71 bits per heavy atom. The number of carbonyl (C=O) groups excluding carboxylic acids is 1. The van der Waals surface area contributed by atoms with E-state index in [4.69, 9.17) is 9.73 Å². The van der Waals surface area contributed by atoms with E-state index >= 15 is 0 Å². The van der Waals surface area contributed by atoms with Crippen molar-refractivity contribution in [1.29, 1.82) is 0 Å². The van der Waals surface area contributed by atoms with Crippen LogP contribution in [-0.2, 0) is 9.53 Å². The van der Waals surface area contributed by atoms with Crippen LogP contribution in [0.2, 0.25) is 0 Å². The van der Waals surface area contributed by atoms with Crippen LogP contribution in [0.1, 0.15) is 77.6 Å². The van der Waals surface area contributed by atoms with E-state index in [1.807, 2.05) is 0 Å². The minimum atomic E-state index is 0. The molecular formula is C23H44IN5O2. The van der Waals surface area contributed by atoms with Gasteiger partial charge in [0.05, 0.1) is 19.8 Å². The van der Waals surface area contributed by atoms with E-state index in [0.717, 1.165) is 58.2 Å². The molecule has 1 saturated heterocycles. The summed E-state index contributed by atoms with van der Waals surface area (Å²) >= 11 is 0. The Bertz CT molecular complexity index is 542. The number of rotatable bonds is 8. The Hall–Kier alpha value is -0.610. The maximum absolute atomic E-state index is 12.3. The number of nitrogens with zero attached hydrogens (tertiary/aromatic N) is 2. The van der Waals surface area contributed by atoms with E-state index in [9.17, 15) is 4.79 Å². The molecule has 0 radical (unpaired) electrons. The molecule has 3 aliphatic rings. The lowest BCUT2D eigenvalue weighted by Crippen LogP contribution is -2.56. The van der Waals surface area contributed by atoms with E-state index in [-0.39, 0.29) is 35.4 Å². The Morgan fingerprint density at radius 1 is 1.03 bits per heavy atom. The van der Waals surface area contributed by atoms with Gasteiger partial charge in [0.15, 0.2) is 5.96 Å². The van der Waals surface area contributed by atoms with Crippen molar-refractivity contribution < 1.29 is 9.53 Å². The van der Waals surface area contributed by atoms with Gasteiger partial charge in [0.2, 0.25) is 5.91 Å². The molecule has 7 nitrogen and oxygen atoms in total. The Balaban J connectivity index is 0.00000341. The second kappa shape index (κ2) is 14.5. The molecule has 3 N–H and O–H groups in total. The van der Waals surface area contributed by atoms with E-state index in [0.29, 0.717) is 19.0 Å². The molecule has 0 aromatic carbocycles. The average molecular weight is 550 g/mol. The third kappa shape index (κ3) is 8.68. The normalized spacial score (nSPS) is 22.9. The highest BCUT2D eigenvalue weighted by atomic mass is 127. The first-order valence-corrected chi connectivity index (χ1v) is 12.4. The van der Waals surface area contributed by atoms with Crippen LogP contribution in [0, 0.1) is 0 Å². The van der Waals surface area contributed by atoms with Crippen molar-refractivity contribution in [2.45, 2.75) is 89.1 Å². The van der Waals surface area contributed by atoms with Crippen molar-refractivity contribution in [3.63, 3.8) is 0 Å². The summed E-state index contributed by atoms with van der Waals surface area (Å²) in [5, 5.41) is 9.94. The molecule has 8 heteroatoms. The van der Waals surface area contributed by atoms with Crippen molar-refractivity contribution in [3.8, 4) is 0 Å². The van der Waals surface area contributed by atoms with Crippen molar-refractivity contribution in [2.24, 2.45) is 4.99 Å². The van der Waals surface area contributed by atoms with Gasteiger partial charge in [-0.2, -0.15) is 0 Å². The second-order valence-electron chi connectivity index (χ2n) is 9.16. The number of hydrogen-bond acceptors (Lipinski definition) is 4. The summed E-state index contributed by atoms with van der Waals surface area (Å²) in [7, 11) is 0. The summed E-state index contributed by atoms with van der Waals surface area (Å²) in [6.45, 7) is 8.04. The van der Waals surface area contributed by atoms with E-state index in [1.54, 1.807) is 0 Å². The van der Waals surface area contributed by atoms with Crippen LogP contribution in [0.15, 0.2) is 4.99 Å². The Morgan fingerprint density at radius 3 is 2.39 bits per heavy atom. The van der Waals surface area contributed by atoms with Crippen molar-refractivity contribution in [1.82, 2.24) is 20.9 Å². The number of morpholine rings is 1.